The van der Waals surface area contributed by atoms with E-state index in [9.17, 15) is 0 Å². The SMILES string of the molecule is CCCOc1ccc(C(Cl)C2CCCCC2(C)C)cc1Br. The minimum absolute atomic E-state index is 0.0804. The Hall–Kier alpha value is -0.210. The van der Waals surface area contributed by atoms with Crippen molar-refractivity contribution in [2.24, 2.45) is 11.3 Å². The molecule has 2 unspecified atom stereocenters. The highest BCUT2D eigenvalue weighted by molar-refractivity contribution is 9.10. The number of rotatable bonds is 5. The molecular weight excluding hydrogens is 348 g/mol. The molecule has 1 nitrogen and oxygen atoms in total. The summed E-state index contributed by atoms with van der Waals surface area (Å²) in [6.07, 6.45) is 6.16. The van der Waals surface area contributed by atoms with Gasteiger partial charge in [-0.15, -0.1) is 11.6 Å². The highest BCUT2D eigenvalue weighted by atomic mass is 79.9. The summed E-state index contributed by atoms with van der Waals surface area (Å²) in [5.74, 6) is 1.45. The van der Waals surface area contributed by atoms with Crippen LogP contribution in [0.25, 0.3) is 0 Å². The van der Waals surface area contributed by atoms with Crippen molar-refractivity contribution in [3.8, 4) is 5.75 Å². The first-order chi connectivity index (χ1) is 9.95. The lowest BCUT2D eigenvalue weighted by molar-refractivity contribution is 0.133. The summed E-state index contributed by atoms with van der Waals surface area (Å²) in [6.45, 7) is 7.58. The second-order valence-corrected chi connectivity index (χ2v) is 8.11. The fourth-order valence-electron chi connectivity index (χ4n) is 3.31. The molecule has 1 fully saturated rings. The molecule has 0 spiro atoms. The quantitative estimate of drug-likeness (QED) is 0.520. The van der Waals surface area contributed by atoms with E-state index in [0.29, 0.717) is 11.3 Å². The van der Waals surface area contributed by atoms with Crippen LogP contribution < -0.4 is 4.74 Å². The van der Waals surface area contributed by atoms with Crippen LogP contribution in [0.1, 0.15) is 63.8 Å². The Labute approximate surface area is 142 Å². The van der Waals surface area contributed by atoms with E-state index in [1.54, 1.807) is 0 Å². The molecule has 3 heteroatoms. The van der Waals surface area contributed by atoms with Gasteiger partial charge in [0.2, 0.25) is 0 Å². The van der Waals surface area contributed by atoms with Crippen LogP contribution in [0.5, 0.6) is 5.75 Å². The third-order valence-corrected chi connectivity index (χ3v) is 5.86. The van der Waals surface area contributed by atoms with E-state index in [0.717, 1.165) is 23.2 Å². The lowest BCUT2D eigenvalue weighted by atomic mass is 9.66. The zero-order chi connectivity index (χ0) is 15.5. The summed E-state index contributed by atoms with van der Waals surface area (Å²) in [5.41, 5.74) is 1.53. The molecule has 0 aliphatic heterocycles. The molecule has 0 N–H and O–H groups in total. The molecule has 0 amide bonds. The maximum absolute atomic E-state index is 6.84. The van der Waals surface area contributed by atoms with E-state index >= 15 is 0 Å². The van der Waals surface area contributed by atoms with Crippen LogP contribution >= 0.6 is 27.5 Å². The standard InChI is InChI=1S/C18H26BrClO/c1-4-11-21-16-9-8-13(12-15(16)19)17(20)14-7-5-6-10-18(14,2)3/h8-9,12,14,17H,4-7,10-11H2,1-3H3. The molecule has 1 aliphatic rings. The van der Waals surface area contributed by atoms with Crippen LogP contribution in [-0.2, 0) is 0 Å². The van der Waals surface area contributed by atoms with Gasteiger partial charge in [-0.2, -0.15) is 0 Å². The summed E-state index contributed by atoms with van der Waals surface area (Å²) < 4.78 is 6.72. The van der Waals surface area contributed by atoms with Crippen molar-refractivity contribution in [2.45, 2.75) is 58.3 Å². The second kappa shape index (κ2) is 7.37. The molecule has 2 rings (SSSR count). The Kier molecular flexibility index (Phi) is 6.02. The lowest BCUT2D eigenvalue weighted by Gasteiger charge is -2.41. The first-order valence-electron chi connectivity index (χ1n) is 8.02. The first kappa shape index (κ1) is 17.1. The van der Waals surface area contributed by atoms with Crippen LogP contribution in [0.2, 0.25) is 0 Å². The van der Waals surface area contributed by atoms with Gasteiger partial charge in [0.05, 0.1) is 16.5 Å². The highest BCUT2D eigenvalue weighted by Crippen LogP contribution is 2.49. The molecule has 0 saturated heterocycles. The number of halogens is 2. The van der Waals surface area contributed by atoms with Crippen molar-refractivity contribution in [1.82, 2.24) is 0 Å². The van der Waals surface area contributed by atoms with Gasteiger partial charge in [0.25, 0.3) is 0 Å². The van der Waals surface area contributed by atoms with Gasteiger partial charge in [0.15, 0.2) is 0 Å². The maximum atomic E-state index is 6.84. The predicted molar refractivity (Wildman–Crippen MR) is 94.3 cm³/mol. The number of hydrogen-bond donors (Lipinski definition) is 0. The monoisotopic (exact) mass is 372 g/mol. The fourth-order valence-corrected chi connectivity index (χ4v) is 4.43. The van der Waals surface area contributed by atoms with Crippen molar-refractivity contribution < 1.29 is 4.74 Å². The Morgan fingerprint density at radius 2 is 2.14 bits per heavy atom. The van der Waals surface area contributed by atoms with Crippen LogP contribution in [0.3, 0.4) is 0 Å². The normalized spacial score (nSPS) is 22.8. The topological polar surface area (TPSA) is 9.23 Å². The van der Waals surface area contributed by atoms with Crippen molar-refractivity contribution in [1.29, 1.82) is 0 Å². The van der Waals surface area contributed by atoms with Crippen molar-refractivity contribution in [2.75, 3.05) is 6.61 Å². The Bertz CT molecular complexity index is 472. The van der Waals surface area contributed by atoms with E-state index in [-0.39, 0.29) is 5.38 Å². The average molecular weight is 374 g/mol. The Balaban J connectivity index is 2.15. The molecule has 0 bridgehead atoms. The van der Waals surface area contributed by atoms with Crippen LogP contribution in [0.15, 0.2) is 22.7 Å². The van der Waals surface area contributed by atoms with E-state index in [1.807, 2.05) is 6.07 Å². The predicted octanol–water partition coefficient (Wildman–Crippen LogP) is 6.73. The zero-order valence-electron chi connectivity index (χ0n) is 13.3. The summed E-state index contributed by atoms with van der Waals surface area (Å²) in [5, 5.41) is 0.0804. The smallest absolute Gasteiger partial charge is 0.133 e. The Morgan fingerprint density at radius 3 is 2.76 bits per heavy atom. The highest BCUT2D eigenvalue weighted by Gasteiger charge is 2.37. The van der Waals surface area contributed by atoms with Gasteiger partial charge in [-0.05, 0) is 64.2 Å². The summed E-state index contributed by atoms with van der Waals surface area (Å²) >= 11 is 10.5. The molecule has 118 valence electrons. The fraction of sp³-hybridized carbons (Fsp3) is 0.667. The minimum atomic E-state index is 0.0804. The summed E-state index contributed by atoms with van der Waals surface area (Å²) in [6, 6.07) is 6.30. The largest absolute Gasteiger partial charge is 0.492 e. The molecule has 1 aliphatic carbocycles. The van der Waals surface area contributed by atoms with E-state index in [4.69, 9.17) is 16.3 Å². The molecule has 0 aromatic heterocycles. The number of ether oxygens (including phenoxy) is 1. The molecule has 1 aromatic carbocycles. The number of hydrogen-bond acceptors (Lipinski definition) is 1. The molecular formula is C18H26BrClO. The van der Waals surface area contributed by atoms with Crippen LogP contribution in [0.4, 0.5) is 0 Å². The molecule has 1 saturated carbocycles. The second-order valence-electron chi connectivity index (χ2n) is 6.78. The van der Waals surface area contributed by atoms with E-state index < -0.39 is 0 Å². The van der Waals surface area contributed by atoms with Gasteiger partial charge >= 0.3 is 0 Å². The molecule has 1 aromatic rings. The molecule has 0 radical (unpaired) electrons. The van der Waals surface area contributed by atoms with Gasteiger partial charge < -0.3 is 4.74 Å². The van der Waals surface area contributed by atoms with Crippen molar-refractivity contribution in [3.63, 3.8) is 0 Å². The molecule has 2 atom stereocenters. The minimum Gasteiger partial charge on any atom is -0.492 e. The van der Waals surface area contributed by atoms with Gasteiger partial charge in [0, 0.05) is 0 Å². The van der Waals surface area contributed by atoms with Crippen molar-refractivity contribution >= 4 is 27.5 Å². The van der Waals surface area contributed by atoms with Crippen LogP contribution in [-0.4, -0.2) is 6.61 Å². The zero-order valence-corrected chi connectivity index (χ0v) is 15.6. The van der Waals surface area contributed by atoms with Crippen LogP contribution in [0, 0.1) is 11.3 Å². The van der Waals surface area contributed by atoms with Gasteiger partial charge in [-0.3, -0.25) is 0 Å². The summed E-state index contributed by atoms with van der Waals surface area (Å²) in [7, 11) is 0. The van der Waals surface area contributed by atoms with Crippen molar-refractivity contribution in [3.05, 3.63) is 28.2 Å². The number of alkyl halides is 1. The van der Waals surface area contributed by atoms with Gasteiger partial charge in [-0.25, -0.2) is 0 Å². The third-order valence-electron chi connectivity index (χ3n) is 4.68. The number of benzene rings is 1. The van der Waals surface area contributed by atoms with Gasteiger partial charge in [0.1, 0.15) is 5.75 Å². The van der Waals surface area contributed by atoms with E-state index in [1.165, 1.54) is 31.2 Å². The van der Waals surface area contributed by atoms with Gasteiger partial charge in [-0.1, -0.05) is 39.7 Å². The average Bonchev–Trinajstić information content (AvgIpc) is 2.45. The Morgan fingerprint density at radius 1 is 1.38 bits per heavy atom. The molecule has 0 heterocycles. The third kappa shape index (κ3) is 4.16. The molecule has 21 heavy (non-hydrogen) atoms. The lowest BCUT2D eigenvalue weighted by Crippen LogP contribution is -2.30. The maximum Gasteiger partial charge on any atom is 0.133 e. The summed E-state index contributed by atoms with van der Waals surface area (Å²) in [4.78, 5) is 0. The first-order valence-corrected chi connectivity index (χ1v) is 9.25. The van der Waals surface area contributed by atoms with E-state index in [2.05, 4.69) is 48.8 Å².